The molecule has 3 atom stereocenters. The zero-order valence-corrected chi connectivity index (χ0v) is 15.7. The van der Waals surface area contributed by atoms with E-state index < -0.39 is 39.0 Å². The lowest BCUT2D eigenvalue weighted by Gasteiger charge is -2.21. The molecule has 0 bridgehead atoms. The predicted molar refractivity (Wildman–Crippen MR) is 98.0 cm³/mol. The summed E-state index contributed by atoms with van der Waals surface area (Å²) in [6, 6.07) is 9.35. The first-order valence-electron chi connectivity index (χ1n) is 7.53. The minimum absolute atomic E-state index is 0. The lowest BCUT2D eigenvalue weighted by Crippen LogP contribution is -2.33. The maximum Gasteiger partial charge on any atom is 0.320 e. The molecule has 1 aliphatic heterocycles. The van der Waals surface area contributed by atoms with Crippen LogP contribution in [0.15, 0.2) is 53.4 Å². The molecule has 1 saturated heterocycles. The predicted octanol–water partition coefficient (Wildman–Crippen LogP) is 3.23. The second-order valence-electron chi connectivity index (χ2n) is 5.83. The van der Waals surface area contributed by atoms with Crippen LogP contribution in [0, 0.1) is 5.82 Å². The van der Waals surface area contributed by atoms with Crippen molar-refractivity contribution in [2.45, 2.75) is 28.6 Å². The van der Waals surface area contributed by atoms with Crippen molar-refractivity contribution in [2.75, 3.05) is 0 Å². The molecule has 140 valence electrons. The highest BCUT2D eigenvalue weighted by Gasteiger charge is 2.46. The van der Waals surface area contributed by atoms with Gasteiger partial charge in [-0.15, -0.1) is 12.4 Å². The molecule has 3 unspecified atom stereocenters. The second kappa shape index (κ2) is 7.92. The summed E-state index contributed by atoms with van der Waals surface area (Å²) >= 11 is 5.80. The van der Waals surface area contributed by atoms with Crippen LogP contribution in [0.2, 0.25) is 5.02 Å². The number of carbonyl (C=O) groups is 1. The van der Waals surface area contributed by atoms with Gasteiger partial charge in [0.1, 0.15) is 11.9 Å². The summed E-state index contributed by atoms with van der Waals surface area (Å²) < 4.78 is 40.2. The van der Waals surface area contributed by atoms with Crippen LogP contribution >= 0.6 is 24.0 Å². The van der Waals surface area contributed by atoms with Crippen LogP contribution in [0.5, 0.6) is 0 Å². The Morgan fingerprint density at radius 2 is 1.77 bits per heavy atom. The van der Waals surface area contributed by atoms with Gasteiger partial charge >= 0.3 is 5.97 Å². The van der Waals surface area contributed by atoms with Crippen molar-refractivity contribution in [1.29, 1.82) is 0 Å². The standard InChI is InChI=1S/C17H15ClFNO4S.ClH/c18-10-5-7-11(8-6-10)25(23,24)15-9-14(17(21)22)20-16(15)12-3-1-2-4-13(12)19;/h1-8,14-16,20H,9H2,(H,21,22);1H. The largest absolute Gasteiger partial charge is 0.480 e. The fourth-order valence-electron chi connectivity index (χ4n) is 3.05. The third-order valence-corrected chi connectivity index (χ3v) is 6.74. The second-order valence-corrected chi connectivity index (χ2v) is 8.43. The molecule has 0 saturated carbocycles. The van der Waals surface area contributed by atoms with E-state index in [-0.39, 0.29) is 29.3 Å². The van der Waals surface area contributed by atoms with Gasteiger partial charge in [-0.2, -0.15) is 0 Å². The third-order valence-electron chi connectivity index (χ3n) is 4.30. The molecule has 9 heteroatoms. The highest BCUT2D eigenvalue weighted by atomic mass is 35.5. The summed E-state index contributed by atoms with van der Waals surface area (Å²) in [5.74, 6) is -1.75. The number of sulfone groups is 1. The molecule has 3 rings (SSSR count). The molecule has 1 fully saturated rings. The van der Waals surface area contributed by atoms with Gasteiger partial charge in [0, 0.05) is 10.6 Å². The molecule has 0 aromatic heterocycles. The van der Waals surface area contributed by atoms with Crippen LogP contribution in [0.3, 0.4) is 0 Å². The zero-order chi connectivity index (χ0) is 18.2. The Hall–Kier alpha value is -1.67. The van der Waals surface area contributed by atoms with Crippen molar-refractivity contribution < 1.29 is 22.7 Å². The van der Waals surface area contributed by atoms with Gasteiger partial charge in [0.2, 0.25) is 0 Å². The Balaban J connectivity index is 0.00000243. The van der Waals surface area contributed by atoms with Gasteiger partial charge < -0.3 is 5.11 Å². The Morgan fingerprint density at radius 1 is 1.15 bits per heavy atom. The number of hydrogen-bond donors (Lipinski definition) is 2. The number of carboxylic acids is 1. The fraction of sp³-hybridized carbons (Fsp3) is 0.235. The van der Waals surface area contributed by atoms with Gasteiger partial charge in [0.15, 0.2) is 9.84 Å². The fourth-order valence-corrected chi connectivity index (χ4v) is 5.08. The van der Waals surface area contributed by atoms with Crippen LogP contribution < -0.4 is 5.32 Å². The molecule has 5 nitrogen and oxygen atoms in total. The lowest BCUT2D eigenvalue weighted by atomic mass is 10.0. The van der Waals surface area contributed by atoms with E-state index in [4.69, 9.17) is 11.6 Å². The molecular formula is C17H16Cl2FNO4S. The molecule has 0 amide bonds. The smallest absolute Gasteiger partial charge is 0.320 e. The van der Waals surface area contributed by atoms with Crippen molar-refractivity contribution in [3.63, 3.8) is 0 Å². The van der Waals surface area contributed by atoms with E-state index in [9.17, 15) is 22.7 Å². The first-order valence-corrected chi connectivity index (χ1v) is 9.46. The molecule has 0 spiro atoms. The van der Waals surface area contributed by atoms with Gasteiger partial charge in [-0.3, -0.25) is 10.1 Å². The summed E-state index contributed by atoms with van der Waals surface area (Å²) in [6.07, 6.45) is -0.153. The third kappa shape index (κ3) is 3.86. The first-order chi connectivity index (χ1) is 11.8. The monoisotopic (exact) mass is 419 g/mol. The Labute approximate surface area is 161 Å². The quantitative estimate of drug-likeness (QED) is 0.794. The molecule has 0 aliphatic carbocycles. The normalized spacial score (nSPS) is 22.6. The first kappa shape index (κ1) is 20.6. The van der Waals surface area contributed by atoms with Gasteiger partial charge in [-0.05, 0) is 36.8 Å². The van der Waals surface area contributed by atoms with Gasteiger partial charge in [0.25, 0.3) is 0 Å². The average molecular weight is 420 g/mol. The molecule has 2 aromatic carbocycles. The van der Waals surface area contributed by atoms with E-state index in [1.807, 2.05) is 0 Å². The number of benzene rings is 2. The molecule has 26 heavy (non-hydrogen) atoms. The van der Waals surface area contributed by atoms with Gasteiger partial charge in [-0.1, -0.05) is 29.8 Å². The average Bonchev–Trinajstić information content (AvgIpc) is 3.02. The van der Waals surface area contributed by atoms with E-state index in [0.717, 1.165) is 0 Å². The minimum Gasteiger partial charge on any atom is -0.480 e. The summed E-state index contributed by atoms with van der Waals surface area (Å²) in [5, 5.41) is 11.3. The zero-order valence-electron chi connectivity index (χ0n) is 13.3. The van der Waals surface area contributed by atoms with Gasteiger partial charge in [-0.25, -0.2) is 12.8 Å². The number of rotatable bonds is 4. The van der Waals surface area contributed by atoms with Crippen molar-refractivity contribution >= 4 is 39.8 Å². The highest BCUT2D eigenvalue weighted by molar-refractivity contribution is 7.92. The van der Waals surface area contributed by atoms with Crippen molar-refractivity contribution in [3.05, 3.63) is 64.9 Å². The number of hydrogen-bond acceptors (Lipinski definition) is 4. The molecule has 1 heterocycles. The summed E-state index contributed by atoms with van der Waals surface area (Å²) in [6.45, 7) is 0. The van der Waals surface area contributed by atoms with Crippen molar-refractivity contribution in [1.82, 2.24) is 5.32 Å². The Bertz CT molecular complexity index is 905. The Morgan fingerprint density at radius 3 is 2.35 bits per heavy atom. The minimum atomic E-state index is -3.89. The van der Waals surface area contributed by atoms with Crippen LogP contribution in [0.4, 0.5) is 4.39 Å². The van der Waals surface area contributed by atoms with Crippen LogP contribution in [0.25, 0.3) is 0 Å². The number of nitrogens with one attached hydrogen (secondary N) is 1. The van der Waals surface area contributed by atoms with Crippen molar-refractivity contribution in [3.8, 4) is 0 Å². The van der Waals surface area contributed by atoms with E-state index in [1.54, 1.807) is 6.07 Å². The van der Waals surface area contributed by atoms with Gasteiger partial charge in [0.05, 0.1) is 16.2 Å². The van der Waals surface area contributed by atoms with Crippen LogP contribution in [-0.2, 0) is 14.6 Å². The summed E-state index contributed by atoms with van der Waals surface area (Å²) in [4.78, 5) is 11.4. The number of carboxylic acid groups (broad SMARTS) is 1. The molecule has 2 aromatic rings. The van der Waals surface area contributed by atoms with Crippen LogP contribution in [-0.4, -0.2) is 30.8 Å². The number of aliphatic carboxylic acids is 1. The topological polar surface area (TPSA) is 83.5 Å². The maximum atomic E-state index is 14.2. The van der Waals surface area contributed by atoms with Crippen LogP contribution in [0.1, 0.15) is 18.0 Å². The summed E-state index contributed by atoms with van der Waals surface area (Å²) in [5.41, 5.74) is 0.133. The van der Waals surface area contributed by atoms with E-state index in [0.29, 0.717) is 5.02 Å². The van der Waals surface area contributed by atoms with E-state index >= 15 is 0 Å². The maximum absolute atomic E-state index is 14.2. The number of halogens is 3. The van der Waals surface area contributed by atoms with E-state index in [2.05, 4.69) is 5.32 Å². The molecule has 0 radical (unpaired) electrons. The molecule has 1 aliphatic rings. The lowest BCUT2D eigenvalue weighted by molar-refractivity contribution is -0.139. The van der Waals surface area contributed by atoms with E-state index in [1.165, 1.54) is 42.5 Å². The summed E-state index contributed by atoms with van der Waals surface area (Å²) in [7, 11) is -3.89. The molecular weight excluding hydrogens is 404 g/mol. The Kier molecular flexibility index (Phi) is 6.29. The highest BCUT2D eigenvalue weighted by Crippen LogP contribution is 2.36. The van der Waals surface area contributed by atoms with Crippen molar-refractivity contribution in [2.24, 2.45) is 0 Å². The molecule has 2 N–H and O–H groups in total. The SMILES string of the molecule is Cl.O=C(O)C1CC(S(=O)(=O)c2ccc(Cl)cc2)C(c2ccccc2F)N1.